The molecule has 0 bridgehead atoms. The molecule has 0 saturated carbocycles. The van der Waals surface area contributed by atoms with Crippen LogP contribution in [0, 0.1) is 0 Å². The molecule has 3 rings (SSSR count). The zero-order chi connectivity index (χ0) is 12.9. The van der Waals surface area contributed by atoms with Gasteiger partial charge in [0.15, 0.2) is 0 Å². The maximum Gasteiger partial charge on any atom is 0.272 e. The average Bonchev–Trinajstić information content (AvgIpc) is 2.34. The van der Waals surface area contributed by atoms with Crippen molar-refractivity contribution in [3.8, 4) is 0 Å². The van der Waals surface area contributed by atoms with E-state index in [0.717, 1.165) is 16.8 Å². The predicted molar refractivity (Wildman–Crippen MR) is 74.4 cm³/mol. The summed E-state index contributed by atoms with van der Waals surface area (Å²) in [6.07, 6.45) is 2.35. The van der Waals surface area contributed by atoms with Gasteiger partial charge in [0.25, 0.3) is 5.56 Å². The molecule has 0 fully saturated rings. The van der Waals surface area contributed by atoms with Crippen LogP contribution in [0.3, 0.4) is 0 Å². The first-order chi connectivity index (χ1) is 8.59. The molecule has 0 unspecified atom stereocenters. The molecular weight excluding hydrogens is 271 g/mol. The Morgan fingerprint density at radius 2 is 1.89 bits per heavy atom. The second-order valence-electron chi connectivity index (χ2n) is 4.29. The van der Waals surface area contributed by atoms with Crippen LogP contribution in [0.2, 0.25) is 10.0 Å². The van der Waals surface area contributed by atoms with Gasteiger partial charge in [-0.1, -0.05) is 29.3 Å². The van der Waals surface area contributed by atoms with Crippen LogP contribution in [0.5, 0.6) is 0 Å². The lowest BCUT2D eigenvalue weighted by molar-refractivity contribution is 1.02. The van der Waals surface area contributed by atoms with Gasteiger partial charge in [0.05, 0.1) is 15.7 Å². The van der Waals surface area contributed by atoms with E-state index in [1.54, 1.807) is 17.2 Å². The molecule has 0 saturated heterocycles. The molecule has 0 spiro atoms. The number of nitrogens with one attached hydrogen (secondary N) is 1. The fourth-order valence-corrected chi connectivity index (χ4v) is 2.89. The number of rotatable bonds is 0. The molecule has 0 amide bonds. The molecule has 92 valence electrons. The second kappa shape index (κ2) is 4.04. The number of halogens is 2. The number of nitrogens with zero attached hydrogens (tertiary/aromatic N) is 1. The molecule has 1 aliphatic rings. The Kier molecular flexibility index (Phi) is 2.61. The largest absolute Gasteiger partial charge is 0.338 e. The fourth-order valence-electron chi connectivity index (χ4n) is 2.42. The van der Waals surface area contributed by atoms with Gasteiger partial charge < -0.3 is 9.88 Å². The van der Waals surface area contributed by atoms with E-state index in [0.29, 0.717) is 22.2 Å². The Morgan fingerprint density at radius 3 is 2.67 bits per heavy atom. The van der Waals surface area contributed by atoms with Crippen molar-refractivity contribution in [2.45, 2.75) is 6.42 Å². The van der Waals surface area contributed by atoms with Crippen LogP contribution in [-0.4, -0.2) is 12.0 Å². The lowest BCUT2D eigenvalue weighted by Gasteiger charge is -2.30. The molecule has 2 aromatic rings. The van der Waals surface area contributed by atoms with Gasteiger partial charge in [0, 0.05) is 19.7 Å². The number of fused-ring (bicyclic) bond motifs is 2. The van der Waals surface area contributed by atoms with Gasteiger partial charge in [-0.15, -0.1) is 0 Å². The first kappa shape index (κ1) is 11.6. The van der Waals surface area contributed by atoms with Crippen molar-refractivity contribution in [3.05, 3.63) is 55.9 Å². The van der Waals surface area contributed by atoms with Crippen molar-refractivity contribution in [2.75, 3.05) is 11.9 Å². The summed E-state index contributed by atoms with van der Waals surface area (Å²) in [4.78, 5) is 16.4. The molecule has 3 nitrogen and oxygen atoms in total. The van der Waals surface area contributed by atoms with Crippen LogP contribution >= 0.6 is 23.2 Å². The molecule has 18 heavy (non-hydrogen) atoms. The van der Waals surface area contributed by atoms with Crippen molar-refractivity contribution in [1.82, 2.24) is 4.98 Å². The van der Waals surface area contributed by atoms with E-state index in [4.69, 9.17) is 23.2 Å². The number of anilines is 2. The van der Waals surface area contributed by atoms with Gasteiger partial charge in [-0.05, 0) is 23.3 Å². The lowest BCUT2D eigenvalue weighted by atomic mass is 9.97. The highest BCUT2D eigenvalue weighted by molar-refractivity contribution is 6.44. The maximum atomic E-state index is 11.9. The predicted octanol–water partition coefficient (Wildman–Crippen LogP) is 3.35. The minimum absolute atomic E-state index is 0.114. The first-order valence-electron chi connectivity index (χ1n) is 5.50. The lowest BCUT2D eigenvalue weighted by Crippen LogP contribution is -2.26. The summed E-state index contributed by atoms with van der Waals surface area (Å²) in [6, 6.07) is 5.65. The van der Waals surface area contributed by atoms with E-state index in [1.165, 1.54) is 0 Å². The molecule has 1 N–H and O–H groups in total. The van der Waals surface area contributed by atoms with E-state index in [9.17, 15) is 4.79 Å². The van der Waals surface area contributed by atoms with Crippen molar-refractivity contribution in [2.24, 2.45) is 0 Å². The quantitative estimate of drug-likeness (QED) is 0.803. The van der Waals surface area contributed by atoms with Crippen LogP contribution < -0.4 is 10.5 Å². The fraction of sp³-hybridized carbons (Fsp3) is 0.154. The Morgan fingerprint density at radius 1 is 1.17 bits per heavy atom. The Labute approximate surface area is 114 Å². The normalized spacial score (nSPS) is 13.2. The molecule has 1 aromatic heterocycles. The summed E-state index contributed by atoms with van der Waals surface area (Å²) in [5.74, 6) is 0. The topological polar surface area (TPSA) is 36.1 Å². The van der Waals surface area contributed by atoms with E-state index in [2.05, 4.69) is 4.98 Å². The molecule has 0 atom stereocenters. The Hall–Kier alpha value is -1.45. The molecule has 2 heterocycles. The molecule has 1 aliphatic heterocycles. The molecule has 1 aromatic carbocycles. The smallest absolute Gasteiger partial charge is 0.272 e. The van der Waals surface area contributed by atoms with Crippen molar-refractivity contribution >= 4 is 34.6 Å². The summed E-state index contributed by atoms with van der Waals surface area (Å²) < 4.78 is 0. The van der Waals surface area contributed by atoms with Gasteiger partial charge in [0.2, 0.25) is 0 Å². The van der Waals surface area contributed by atoms with Crippen LogP contribution in [0.1, 0.15) is 11.1 Å². The molecule has 0 radical (unpaired) electrons. The summed E-state index contributed by atoms with van der Waals surface area (Å²) in [5, 5.41) is 0.989. The number of H-pyrrole nitrogens is 1. The molecule has 0 aliphatic carbocycles. The number of aromatic amines is 1. The highest BCUT2D eigenvalue weighted by Gasteiger charge is 2.25. The summed E-state index contributed by atoms with van der Waals surface area (Å²) in [6.45, 7) is 0. The standard InChI is InChI=1S/C13H10Cl2N2O/c1-17-11-7(2-3-9(14)10(11)15)6-8-4-5-16-13(18)12(8)17/h2-5H,6H2,1H3,(H,16,18). The first-order valence-corrected chi connectivity index (χ1v) is 6.26. The average molecular weight is 281 g/mol. The van der Waals surface area contributed by atoms with Gasteiger partial charge in [-0.25, -0.2) is 0 Å². The maximum absolute atomic E-state index is 11.9. The highest BCUT2D eigenvalue weighted by Crippen LogP contribution is 2.42. The van der Waals surface area contributed by atoms with E-state index in [-0.39, 0.29) is 5.56 Å². The number of hydrogen-bond donors (Lipinski definition) is 1. The third kappa shape index (κ3) is 1.55. The van der Waals surface area contributed by atoms with Gasteiger partial charge >= 0.3 is 0 Å². The number of hydrogen-bond acceptors (Lipinski definition) is 2. The summed E-state index contributed by atoms with van der Waals surface area (Å²) >= 11 is 12.3. The summed E-state index contributed by atoms with van der Waals surface area (Å²) in [7, 11) is 1.83. The Balaban J connectivity index is 2.30. The van der Waals surface area contributed by atoms with Crippen LogP contribution in [0.4, 0.5) is 11.4 Å². The zero-order valence-electron chi connectivity index (χ0n) is 9.63. The highest BCUT2D eigenvalue weighted by atomic mass is 35.5. The minimum atomic E-state index is -0.114. The van der Waals surface area contributed by atoms with Gasteiger partial charge in [0.1, 0.15) is 5.69 Å². The second-order valence-corrected chi connectivity index (χ2v) is 5.07. The van der Waals surface area contributed by atoms with Crippen LogP contribution in [0.25, 0.3) is 0 Å². The van der Waals surface area contributed by atoms with E-state index < -0.39 is 0 Å². The number of pyridine rings is 1. The third-order valence-corrected chi connectivity index (χ3v) is 4.02. The van der Waals surface area contributed by atoms with Crippen molar-refractivity contribution < 1.29 is 0 Å². The van der Waals surface area contributed by atoms with Gasteiger partial charge in [-0.3, -0.25) is 4.79 Å². The van der Waals surface area contributed by atoms with E-state index >= 15 is 0 Å². The van der Waals surface area contributed by atoms with E-state index in [1.807, 2.05) is 19.2 Å². The Bertz CT molecular complexity index is 694. The molecular formula is C13H10Cl2N2O. The summed E-state index contributed by atoms with van der Waals surface area (Å²) in [5.41, 5.74) is 3.40. The van der Waals surface area contributed by atoms with Crippen molar-refractivity contribution in [1.29, 1.82) is 0 Å². The number of aromatic nitrogens is 1. The third-order valence-electron chi connectivity index (χ3n) is 3.22. The van der Waals surface area contributed by atoms with Crippen LogP contribution in [-0.2, 0) is 6.42 Å². The van der Waals surface area contributed by atoms with Crippen LogP contribution in [0.15, 0.2) is 29.2 Å². The SMILES string of the molecule is CN1c2c(ccc(Cl)c2Cl)Cc2cc[nH]c(=O)c21. The van der Waals surface area contributed by atoms with Crippen molar-refractivity contribution in [3.63, 3.8) is 0 Å². The zero-order valence-corrected chi connectivity index (χ0v) is 11.1. The number of benzene rings is 1. The molecule has 5 heteroatoms. The van der Waals surface area contributed by atoms with Gasteiger partial charge in [-0.2, -0.15) is 0 Å². The minimum Gasteiger partial charge on any atom is -0.338 e. The monoisotopic (exact) mass is 280 g/mol.